The number of benzene rings is 2. The van der Waals surface area contributed by atoms with E-state index in [2.05, 4.69) is 22.0 Å². The fourth-order valence-corrected chi connectivity index (χ4v) is 2.86. The number of morpholine rings is 1. The predicted molar refractivity (Wildman–Crippen MR) is 111 cm³/mol. The highest BCUT2D eigenvalue weighted by atomic mass is 16.5. The molecule has 0 saturated carbocycles. The third-order valence-electron chi connectivity index (χ3n) is 4.50. The van der Waals surface area contributed by atoms with Gasteiger partial charge in [-0.15, -0.1) is 0 Å². The summed E-state index contributed by atoms with van der Waals surface area (Å²) in [7, 11) is 0. The molecular formula is C22H29N3O3. The summed E-state index contributed by atoms with van der Waals surface area (Å²) in [5.41, 5.74) is 7.16. The molecule has 0 unspecified atom stereocenters. The molecule has 28 heavy (non-hydrogen) atoms. The van der Waals surface area contributed by atoms with Crippen LogP contribution in [0.4, 0.5) is 0 Å². The average Bonchev–Trinajstić information content (AvgIpc) is 2.76. The van der Waals surface area contributed by atoms with E-state index in [9.17, 15) is 0 Å². The van der Waals surface area contributed by atoms with E-state index in [1.54, 1.807) is 0 Å². The zero-order valence-electron chi connectivity index (χ0n) is 16.3. The smallest absolute Gasteiger partial charge is 0.191 e. The van der Waals surface area contributed by atoms with Crippen LogP contribution in [0.15, 0.2) is 59.6 Å². The highest BCUT2D eigenvalue weighted by Gasteiger charge is 2.11. The molecule has 0 radical (unpaired) electrons. The summed E-state index contributed by atoms with van der Waals surface area (Å²) in [6.45, 7) is 5.04. The van der Waals surface area contributed by atoms with Gasteiger partial charge in [0.05, 0.1) is 19.8 Å². The van der Waals surface area contributed by atoms with Crippen molar-refractivity contribution in [2.45, 2.75) is 19.4 Å². The fourth-order valence-electron chi connectivity index (χ4n) is 2.86. The number of nitrogens with zero attached hydrogens (tertiary/aromatic N) is 2. The molecule has 2 aromatic rings. The van der Waals surface area contributed by atoms with Gasteiger partial charge in [-0.2, -0.15) is 0 Å². The molecule has 0 spiro atoms. The molecule has 2 aromatic carbocycles. The zero-order chi connectivity index (χ0) is 19.4. The van der Waals surface area contributed by atoms with Gasteiger partial charge in [-0.3, -0.25) is 4.99 Å². The third-order valence-corrected chi connectivity index (χ3v) is 4.50. The van der Waals surface area contributed by atoms with E-state index in [4.69, 9.17) is 19.9 Å². The van der Waals surface area contributed by atoms with Gasteiger partial charge in [0.1, 0.15) is 18.1 Å². The van der Waals surface area contributed by atoms with Crippen molar-refractivity contribution in [2.75, 3.05) is 39.5 Å². The quantitative estimate of drug-likeness (QED) is 0.409. The lowest BCUT2D eigenvalue weighted by atomic mass is 10.2. The molecule has 0 atom stereocenters. The largest absolute Gasteiger partial charge is 0.494 e. The van der Waals surface area contributed by atoms with Gasteiger partial charge < -0.3 is 24.8 Å². The maximum Gasteiger partial charge on any atom is 0.191 e. The lowest BCUT2D eigenvalue weighted by molar-refractivity contribution is 0.0674. The van der Waals surface area contributed by atoms with Crippen molar-refractivity contribution in [3.05, 3.63) is 60.2 Å². The molecule has 150 valence electrons. The van der Waals surface area contributed by atoms with E-state index < -0.39 is 0 Å². The molecule has 0 aliphatic carbocycles. The van der Waals surface area contributed by atoms with E-state index in [0.717, 1.165) is 62.8 Å². The number of rotatable bonds is 9. The number of guanidine groups is 1. The Morgan fingerprint density at radius 2 is 1.61 bits per heavy atom. The number of hydrogen-bond donors (Lipinski definition) is 1. The Kier molecular flexibility index (Phi) is 8.00. The predicted octanol–water partition coefficient (Wildman–Crippen LogP) is 3.07. The minimum Gasteiger partial charge on any atom is -0.494 e. The third kappa shape index (κ3) is 6.78. The summed E-state index contributed by atoms with van der Waals surface area (Å²) in [5, 5.41) is 0. The fraction of sp³-hybridized carbons (Fsp3) is 0.409. The van der Waals surface area contributed by atoms with E-state index in [1.807, 2.05) is 42.5 Å². The molecule has 3 rings (SSSR count). The van der Waals surface area contributed by atoms with Gasteiger partial charge in [-0.25, -0.2) is 0 Å². The molecular weight excluding hydrogens is 354 g/mol. The molecule has 6 heteroatoms. The van der Waals surface area contributed by atoms with Crippen molar-refractivity contribution in [3.8, 4) is 11.5 Å². The second-order valence-electron chi connectivity index (χ2n) is 6.64. The van der Waals surface area contributed by atoms with Gasteiger partial charge in [0.15, 0.2) is 5.96 Å². The van der Waals surface area contributed by atoms with E-state index >= 15 is 0 Å². The summed E-state index contributed by atoms with van der Waals surface area (Å²) in [5.74, 6) is 2.31. The maximum atomic E-state index is 6.01. The summed E-state index contributed by atoms with van der Waals surface area (Å²) >= 11 is 0. The van der Waals surface area contributed by atoms with Gasteiger partial charge in [0.2, 0.25) is 0 Å². The number of aliphatic imine (C=N–C) groups is 1. The first-order valence-corrected chi connectivity index (χ1v) is 9.83. The van der Waals surface area contributed by atoms with Crippen LogP contribution in [0.5, 0.6) is 11.5 Å². The van der Waals surface area contributed by atoms with Gasteiger partial charge >= 0.3 is 0 Å². The monoisotopic (exact) mass is 383 g/mol. The minimum atomic E-state index is 0.565. The van der Waals surface area contributed by atoms with Crippen molar-refractivity contribution in [1.82, 2.24) is 4.90 Å². The molecule has 0 amide bonds. The van der Waals surface area contributed by atoms with Crippen LogP contribution < -0.4 is 15.2 Å². The Labute approximate surface area is 166 Å². The first kappa shape index (κ1) is 20.0. The Hall–Kier alpha value is -2.73. The van der Waals surface area contributed by atoms with Gasteiger partial charge in [0, 0.05) is 19.6 Å². The SMILES string of the molecule is NC(=NCCCCOc1ccc(OCc2ccccc2)cc1)N1CCOCC1. The lowest BCUT2D eigenvalue weighted by Crippen LogP contribution is -2.44. The number of unbranched alkanes of at least 4 members (excludes halogenated alkanes) is 1. The first-order chi connectivity index (χ1) is 13.8. The highest BCUT2D eigenvalue weighted by molar-refractivity contribution is 5.78. The maximum absolute atomic E-state index is 6.01. The highest BCUT2D eigenvalue weighted by Crippen LogP contribution is 2.19. The Balaban J connectivity index is 1.29. The number of nitrogens with two attached hydrogens (primary N) is 1. The van der Waals surface area contributed by atoms with Crippen LogP contribution in [0.1, 0.15) is 18.4 Å². The molecule has 1 fully saturated rings. The molecule has 1 heterocycles. The van der Waals surface area contributed by atoms with Gasteiger partial charge in [-0.1, -0.05) is 30.3 Å². The second kappa shape index (κ2) is 11.2. The van der Waals surface area contributed by atoms with Crippen molar-refractivity contribution in [2.24, 2.45) is 10.7 Å². The van der Waals surface area contributed by atoms with Gasteiger partial charge in [0.25, 0.3) is 0 Å². The zero-order valence-corrected chi connectivity index (χ0v) is 16.3. The molecule has 1 aliphatic rings. The summed E-state index contributed by atoms with van der Waals surface area (Å²) < 4.78 is 16.9. The number of hydrogen-bond acceptors (Lipinski definition) is 4. The lowest BCUT2D eigenvalue weighted by Gasteiger charge is -2.27. The molecule has 6 nitrogen and oxygen atoms in total. The van der Waals surface area contributed by atoms with E-state index in [0.29, 0.717) is 19.2 Å². The van der Waals surface area contributed by atoms with Crippen LogP contribution in [0.2, 0.25) is 0 Å². The second-order valence-corrected chi connectivity index (χ2v) is 6.64. The van der Waals surface area contributed by atoms with Crippen molar-refractivity contribution in [1.29, 1.82) is 0 Å². The van der Waals surface area contributed by atoms with Crippen molar-refractivity contribution >= 4 is 5.96 Å². The minimum absolute atomic E-state index is 0.565. The Morgan fingerprint density at radius 3 is 2.32 bits per heavy atom. The first-order valence-electron chi connectivity index (χ1n) is 9.83. The standard InChI is InChI=1S/C22H29N3O3/c23-22(25-13-16-26-17-14-25)24-12-4-5-15-27-20-8-10-21(11-9-20)28-18-19-6-2-1-3-7-19/h1-3,6-11H,4-5,12-18H2,(H2,23,24). The van der Waals surface area contributed by atoms with Crippen LogP contribution in [0.3, 0.4) is 0 Å². The van der Waals surface area contributed by atoms with Gasteiger partial charge in [-0.05, 0) is 42.7 Å². The Morgan fingerprint density at radius 1 is 0.929 bits per heavy atom. The normalized spacial score (nSPS) is 14.7. The Bertz CT molecular complexity index is 714. The van der Waals surface area contributed by atoms with Crippen molar-refractivity contribution in [3.63, 3.8) is 0 Å². The molecule has 1 aliphatic heterocycles. The van der Waals surface area contributed by atoms with Crippen LogP contribution in [0, 0.1) is 0 Å². The number of ether oxygens (including phenoxy) is 3. The van der Waals surface area contributed by atoms with Crippen molar-refractivity contribution < 1.29 is 14.2 Å². The molecule has 2 N–H and O–H groups in total. The van der Waals surface area contributed by atoms with Crippen LogP contribution >= 0.6 is 0 Å². The van der Waals surface area contributed by atoms with Crippen LogP contribution in [-0.4, -0.2) is 50.3 Å². The van der Waals surface area contributed by atoms with E-state index in [1.165, 1.54) is 0 Å². The van der Waals surface area contributed by atoms with Crippen LogP contribution in [-0.2, 0) is 11.3 Å². The summed E-state index contributed by atoms with van der Waals surface area (Å²) in [4.78, 5) is 6.51. The summed E-state index contributed by atoms with van der Waals surface area (Å²) in [6.07, 6.45) is 1.88. The summed E-state index contributed by atoms with van der Waals surface area (Å²) in [6, 6.07) is 17.9. The molecule has 0 aromatic heterocycles. The topological polar surface area (TPSA) is 69.3 Å². The van der Waals surface area contributed by atoms with Crippen LogP contribution in [0.25, 0.3) is 0 Å². The molecule has 1 saturated heterocycles. The average molecular weight is 383 g/mol. The molecule has 0 bridgehead atoms. The van der Waals surface area contributed by atoms with E-state index in [-0.39, 0.29) is 0 Å².